The van der Waals surface area contributed by atoms with E-state index >= 15 is 0 Å². The van der Waals surface area contributed by atoms with Gasteiger partial charge in [-0.3, -0.25) is 0 Å². The second-order valence-electron chi connectivity index (χ2n) is 4.57. The van der Waals surface area contributed by atoms with Gasteiger partial charge in [-0.15, -0.1) is 0 Å². The van der Waals surface area contributed by atoms with Gasteiger partial charge in [0, 0.05) is 12.8 Å². The van der Waals surface area contributed by atoms with Crippen LogP contribution in [0.25, 0.3) is 0 Å². The third-order valence-corrected chi connectivity index (χ3v) is 3.30. The van der Waals surface area contributed by atoms with Crippen molar-refractivity contribution in [3.8, 4) is 0 Å². The van der Waals surface area contributed by atoms with Crippen molar-refractivity contribution in [1.29, 1.82) is 0 Å². The van der Waals surface area contributed by atoms with E-state index < -0.39 is 0 Å². The standard InChI is InChI=1S/C16H14O2/c17-16(12-6-2-1-3-7-12)18-15-10-13-8-4-5-9-14(13)11-15/h1-9,15H,10-11H2. The highest BCUT2D eigenvalue weighted by molar-refractivity contribution is 5.89. The number of ether oxygens (including phenoxy) is 1. The maximum Gasteiger partial charge on any atom is 0.338 e. The zero-order chi connectivity index (χ0) is 12.4. The summed E-state index contributed by atoms with van der Waals surface area (Å²) in [5, 5.41) is 0. The fourth-order valence-electron chi connectivity index (χ4n) is 2.40. The van der Waals surface area contributed by atoms with Gasteiger partial charge >= 0.3 is 5.97 Å². The summed E-state index contributed by atoms with van der Waals surface area (Å²) < 4.78 is 5.54. The highest BCUT2D eigenvalue weighted by Gasteiger charge is 2.24. The molecule has 1 aliphatic carbocycles. The van der Waals surface area contributed by atoms with Crippen LogP contribution < -0.4 is 0 Å². The minimum atomic E-state index is -0.228. The second kappa shape index (κ2) is 4.65. The van der Waals surface area contributed by atoms with Crippen LogP contribution in [0.15, 0.2) is 54.6 Å². The fourth-order valence-corrected chi connectivity index (χ4v) is 2.40. The van der Waals surface area contributed by atoms with Crippen LogP contribution in [-0.4, -0.2) is 12.1 Å². The molecule has 0 saturated carbocycles. The zero-order valence-corrected chi connectivity index (χ0v) is 10.0. The number of hydrogen-bond acceptors (Lipinski definition) is 2. The number of fused-ring (bicyclic) bond motifs is 1. The lowest BCUT2D eigenvalue weighted by molar-refractivity contribution is 0.0325. The topological polar surface area (TPSA) is 26.3 Å². The molecule has 0 saturated heterocycles. The van der Waals surface area contributed by atoms with Crippen LogP contribution >= 0.6 is 0 Å². The molecule has 0 N–H and O–H groups in total. The van der Waals surface area contributed by atoms with E-state index in [9.17, 15) is 4.79 Å². The van der Waals surface area contributed by atoms with Gasteiger partial charge in [0.1, 0.15) is 6.10 Å². The highest BCUT2D eigenvalue weighted by Crippen LogP contribution is 2.24. The summed E-state index contributed by atoms with van der Waals surface area (Å²) in [5.41, 5.74) is 3.21. The van der Waals surface area contributed by atoms with Crippen molar-refractivity contribution in [2.45, 2.75) is 18.9 Å². The molecule has 2 aromatic carbocycles. The van der Waals surface area contributed by atoms with Crippen LogP contribution in [0.1, 0.15) is 21.5 Å². The second-order valence-corrected chi connectivity index (χ2v) is 4.57. The predicted molar refractivity (Wildman–Crippen MR) is 69.5 cm³/mol. The van der Waals surface area contributed by atoms with Gasteiger partial charge in [-0.2, -0.15) is 0 Å². The molecule has 1 aliphatic rings. The normalized spacial score (nSPS) is 14.2. The summed E-state index contributed by atoms with van der Waals surface area (Å²) in [6.07, 6.45) is 1.64. The first-order chi connectivity index (χ1) is 8.83. The largest absolute Gasteiger partial charge is 0.458 e. The summed E-state index contributed by atoms with van der Waals surface area (Å²) in [5.74, 6) is -0.228. The fraction of sp³-hybridized carbons (Fsp3) is 0.188. The molecule has 18 heavy (non-hydrogen) atoms. The van der Waals surface area contributed by atoms with Crippen LogP contribution in [-0.2, 0) is 17.6 Å². The van der Waals surface area contributed by atoms with Crippen molar-refractivity contribution < 1.29 is 9.53 Å². The quantitative estimate of drug-likeness (QED) is 0.752. The SMILES string of the molecule is O=C(OC1Cc2ccccc2C1)c1ccccc1. The summed E-state index contributed by atoms with van der Waals surface area (Å²) in [7, 11) is 0. The van der Waals surface area contributed by atoms with Gasteiger partial charge in [0.25, 0.3) is 0 Å². The van der Waals surface area contributed by atoms with E-state index in [-0.39, 0.29) is 12.1 Å². The molecular formula is C16H14O2. The van der Waals surface area contributed by atoms with E-state index in [2.05, 4.69) is 12.1 Å². The number of carbonyl (C=O) groups is 1. The summed E-state index contributed by atoms with van der Waals surface area (Å²) in [6, 6.07) is 17.4. The first kappa shape index (κ1) is 11.0. The maximum absolute atomic E-state index is 11.9. The van der Waals surface area contributed by atoms with Gasteiger partial charge in [-0.1, -0.05) is 42.5 Å². The van der Waals surface area contributed by atoms with E-state index in [1.54, 1.807) is 12.1 Å². The molecule has 0 radical (unpaired) electrons. The third-order valence-electron chi connectivity index (χ3n) is 3.30. The number of benzene rings is 2. The Morgan fingerprint density at radius 2 is 1.44 bits per heavy atom. The van der Waals surface area contributed by atoms with Crippen molar-refractivity contribution >= 4 is 5.97 Å². The molecule has 0 bridgehead atoms. The molecule has 2 nitrogen and oxygen atoms in total. The monoisotopic (exact) mass is 238 g/mol. The molecule has 0 aromatic heterocycles. The van der Waals surface area contributed by atoms with Gasteiger partial charge < -0.3 is 4.74 Å². The Hall–Kier alpha value is -2.09. The Bertz CT molecular complexity index is 535. The van der Waals surface area contributed by atoms with Gasteiger partial charge in [0.2, 0.25) is 0 Å². The molecule has 0 aliphatic heterocycles. The van der Waals surface area contributed by atoms with Gasteiger partial charge in [0.05, 0.1) is 5.56 Å². The van der Waals surface area contributed by atoms with E-state index in [0.717, 1.165) is 12.8 Å². The molecule has 0 fully saturated rings. The van der Waals surface area contributed by atoms with Gasteiger partial charge in [-0.25, -0.2) is 4.79 Å². The van der Waals surface area contributed by atoms with Gasteiger partial charge in [-0.05, 0) is 23.3 Å². The molecule has 0 unspecified atom stereocenters. The Kier molecular flexibility index (Phi) is 2.85. The maximum atomic E-state index is 11.9. The highest BCUT2D eigenvalue weighted by atomic mass is 16.5. The van der Waals surface area contributed by atoms with E-state index in [0.29, 0.717) is 5.56 Å². The average Bonchev–Trinajstić information content (AvgIpc) is 2.82. The molecule has 2 heteroatoms. The van der Waals surface area contributed by atoms with Crippen molar-refractivity contribution in [2.75, 3.05) is 0 Å². The molecule has 2 aromatic rings. The first-order valence-electron chi connectivity index (χ1n) is 6.16. The summed E-state index contributed by atoms with van der Waals surface area (Å²) in [6.45, 7) is 0. The van der Waals surface area contributed by atoms with Crippen LogP contribution in [0.4, 0.5) is 0 Å². The zero-order valence-electron chi connectivity index (χ0n) is 10.0. The van der Waals surface area contributed by atoms with Crippen molar-refractivity contribution in [3.05, 3.63) is 71.3 Å². The Labute approximate surface area is 106 Å². The van der Waals surface area contributed by atoms with Crippen LogP contribution in [0.2, 0.25) is 0 Å². The lowest BCUT2D eigenvalue weighted by Gasteiger charge is -2.11. The van der Waals surface area contributed by atoms with E-state index in [4.69, 9.17) is 4.74 Å². The molecule has 0 heterocycles. The number of carbonyl (C=O) groups excluding carboxylic acids is 1. The van der Waals surface area contributed by atoms with Crippen molar-refractivity contribution in [2.24, 2.45) is 0 Å². The van der Waals surface area contributed by atoms with E-state index in [1.807, 2.05) is 30.3 Å². The molecular weight excluding hydrogens is 224 g/mol. The first-order valence-corrected chi connectivity index (χ1v) is 6.16. The molecule has 3 rings (SSSR count). The van der Waals surface area contributed by atoms with Crippen LogP contribution in [0.5, 0.6) is 0 Å². The van der Waals surface area contributed by atoms with E-state index in [1.165, 1.54) is 11.1 Å². The number of esters is 1. The molecule has 0 amide bonds. The Morgan fingerprint density at radius 1 is 0.889 bits per heavy atom. The summed E-state index contributed by atoms with van der Waals surface area (Å²) in [4.78, 5) is 11.9. The average molecular weight is 238 g/mol. The van der Waals surface area contributed by atoms with Crippen molar-refractivity contribution in [1.82, 2.24) is 0 Å². The van der Waals surface area contributed by atoms with Gasteiger partial charge in [0.15, 0.2) is 0 Å². The minimum Gasteiger partial charge on any atom is -0.458 e. The number of rotatable bonds is 2. The summed E-state index contributed by atoms with van der Waals surface area (Å²) >= 11 is 0. The number of hydrogen-bond donors (Lipinski definition) is 0. The molecule has 0 spiro atoms. The lowest BCUT2D eigenvalue weighted by Crippen LogP contribution is -2.18. The minimum absolute atomic E-state index is 0.0184. The molecule has 0 atom stereocenters. The third kappa shape index (κ3) is 2.14. The van der Waals surface area contributed by atoms with Crippen LogP contribution in [0, 0.1) is 0 Å². The van der Waals surface area contributed by atoms with Crippen LogP contribution in [0.3, 0.4) is 0 Å². The van der Waals surface area contributed by atoms with Crippen molar-refractivity contribution in [3.63, 3.8) is 0 Å². The lowest BCUT2D eigenvalue weighted by atomic mass is 10.1. The smallest absolute Gasteiger partial charge is 0.338 e. The molecule has 90 valence electrons. The Morgan fingerprint density at radius 3 is 2.06 bits per heavy atom. The Balaban J connectivity index is 1.68. The predicted octanol–water partition coefficient (Wildman–Crippen LogP) is 3.01.